The normalized spacial score (nSPS) is 24.1. The SMILES string of the molecule is FC1CNC(c2nc(-c3cccnc3)no2)C1. The van der Waals surface area contributed by atoms with E-state index in [2.05, 4.69) is 20.4 Å². The number of pyridine rings is 1. The molecule has 17 heavy (non-hydrogen) atoms. The Morgan fingerprint density at radius 2 is 2.41 bits per heavy atom. The van der Waals surface area contributed by atoms with E-state index in [1.165, 1.54) is 0 Å². The predicted molar refractivity (Wildman–Crippen MR) is 57.8 cm³/mol. The quantitative estimate of drug-likeness (QED) is 0.853. The highest BCUT2D eigenvalue weighted by molar-refractivity contribution is 5.51. The molecule has 3 rings (SSSR count). The van der Waals surface area contributed by atoms with Crippen LogP contribution in [0.5, 0.6) is 0 Å². The zero-order valence-electron chi connectivity index (χ0n) is 9.01. The molecule has 88 valence electrons. The molecule has 1 N–H and O–H groups in total. The second-order valence-electron chi connectivity index (χ2n) is 3.99. The van der Waals surface area contributed by atoms with Crippen LogP contribution in [0.1, 0.15) is 18.4 Å². The van der Waals surface area contributed by atoms with Crippen molar-refractivity contribution < 1.29 is 8.91 Å². The fourth-order valence-electron chi connectivity index (χ4n) is 1.87. The van der Waals surface area contributed by atoms with E-state index in [1.54, 1.807) is 18.5 Å². The monoisotopic (exact) mass is 234 g/mol. The van der Waals surface area contributed by atoms with Gasteiger partial charge in [0.05, 0.1) is 6.04 Å². The minimum Gasteiger partial charge on any atom is -0.337 e. The molecule has 2 unspecified atom stereocenters. The summed E-state index contributed by atoms with van der Waals surface area (Å²) >= 11 is 0. The molecule has 1 saturated heterocycles. The van der Waals surface area contributed by atoms with Crippen LogP contribution in [0.15, 0.2) is 29.0 Å². The molecule has 1 aliphatic rings. The molecular formula is C11H11FN4O. The Labute approximate surface area is 97.1 Å². The first-order chi connectivity index (χ1) is 8.33. The van der Waals surface area contributed by atoms with Gasteiger partial charge in [-0.25, -0.2) is 4.39 Å². The van der Waals surface area contributed by atoms with Gasteiger partial charge in [0.15, 0.2) is 0 Å². The van der Waals surface area contributed by atoms with E-state index in [1.807, 2.05) is 6.07 Å². The van der Waals surface area contributed by atoms with Gasteiger partial charge in [-0.2, -0.15) is 4.98 Å². The molecule has 0 aliphatic carbocycles. The summed E-state index contributed by atoms with van der Waals surface area (Å²) in [6, 6.07) is 3.47. The van der Waals surface area contributed by atoms with E-state index in [0.29, 0.717) is 24.7 Å². The molecule has 0 radical (unpaired) electrons. The fourth-order valence-corrected chi connectivity index (χ4v) is 1.87. The summed E-state index contributed by atoms with van der Waals surface area (Å²) in [6.07, 6.45) is 2.88. The summed E-state index contributed by atoms with van der Waals surface area (Å²) in [7, 11) is 0. The van der Waals surface area contributed by atoms with Gasteiger partial charge in [-0.3, -0.25) is 4.98 Å². The van der Waals surface area contributed by atoms with Crippen molar-refractivity contribution in [1.29, 1.82) is 0 Å². The minimum atomic E-state index is -0.839. The summed E-state index contributed by atoms with van der Waals surface area (Å²) in [5.41, 5.74) is 0.789. The maximum absolute atomic E-state index is 13.0. The first kappa shape index (κ1) is 10.3. The molecule has 2 aromatic rings. The van der Waals surface area contributed by atoms with Crippen molar-refractivity contribution in [3.8, 4) is 11.4 Å². The van der Waals surface area contributed by atoms with Gasteiger partial charge in [0, 0.05) is 30.9 Å². The maximum Gasteiger partial charge on any atom is 0.244 e. The van der Waals surface area contributed by atoms with Crippen molar-refractivity contribution in [3.63, 3.8) is 0 Å². The van der Waals surface area contributed by atoms with Crippen LogP contribution < -0.4 is 5.32 Å². The lowest BCUT2D eigenvalue weighted by Crippen LogP contribution is -2.14. The first-order valence-electron chi connectivity index (χ1n) is 5.44. The van der Waals surface area contributed by atoms with Crippen LogP contribution in [0.3, 0.4) is 0 Å². The van der Waals surface area contributed by atoms with Gasteiger partial charge < -0.3 is 9.84 Å². The molecule has 3 heterocycles. The minimum absolute atomic E-state index is 0.178. The summed E-state index contributed by atoms with van der Waals surface area (Å²) in [5, 5.41) is 6.87. The maximum atomic E-state index is 13.0. The first-order valence-corrected chi connectivity index (χ1v) is 5.44. The second-order valence-corrected chi connectivity index (χ2v) is 3.99. The average Bonchev–Trinajstić information content (AvgIpc) is 2.98. The third-order valence-electron chi connectivity index (χ3n) is 2.74. The largest absolute Gasteiger partial charge is 0.337 e. The van der Waals surface area contributed by atoms with E-state index in [4.69, 9.17) is 4.52 Å². The molecular weight excluding hydrogens is 223 g/mol. The lowest BCUT2D eigenvalue weighted by atomic mass is 10.2. The van der Waals surface area contributed by atoms with Gasteiger partial charge in [-0.15, -0.1) is 0 Å². The molecule has 2 atom stereocenters. The highest BCUT2D eigenvalue weighted by atomic mass is 19.1. The third kappa shape index (κ3) is 2.03. The Hall–Kier alpha value is -1.82. The van der Waals surface area contributed by atoms with Crippen LogP contribution in [0.4, 0.5) is 4.39 Å². The topological polar surface area (TPSA) is 63.8 Å². The van der Waals surface area contributed by atoms with Crippen LogP contribution in [0.2, 0.25) is 0 Å². The van der Waals surface area contributed by atoms with E-state index in [9.17, 15) is 4.39 Å². The van der Waals surface area contributed by atoms with Gasteiger partial charge >= 0.3 is 0 Å². The molecule has 5 nitrogen and oxygen atoms in total. The number of hydrogen-bond donors (Lipinski definition) is 1. The predicted octanol–water partition coefficient (Wildman–Crippen LogP) is 1.50. The Morgan fingerprint density at radius 1 is 1.47 bits per heavy atom. The third-order valence-corrected chi connectivity index (χ3v) is 2.74. The Balaban J connectivity index is 1.84. The van der Waals surface area contributed by atoms with Gasteiger partial charge in [0.1, 0.15) is 6.17 Å². The standard InChI is InChI=1S/C11H11FN4O/c12-8-4-9(14-6-8)11-15-10(16-17-11)7-2-1-3-13-5-7/h1-3,5,8-9,14H,4,6H2. The highest BCUT2D eigenvalue weighted by Crippen LogP contribution is 2.25. The summed E-state index contributed by atoms with van der Waals surface area (Å²) in [4.78, 5) is 8.23. The van der Waals surface area contributed by atoms with Crippen LogP contribution >= 0.6 is 0 Å². The van der Waals surface area contributed by atoms with E-state index in [-0.39, 0.29) is 6.04 Å². The van der Waals surface area contributed by atoms with Crippen molar-refractivity contribution in [2.75, 3.05) is 6.54 Å². The Bertz CT molecular complexity index is 501. The number of alkyl halides is 1. The van der Waals surface area contributed by atoms with Crippen LogP contribution in [0, 0.1) is 0 Å². The van der Waals surface area contributed by atoms with Crippen molar-refractivity contribution in [2.24, 2.45) is 0 Å². The molecule has 6 heteroatoms. The van der Waals surface area contributed by atoms with Crippen molar-refractivity contribution in [3.05, 3.63) is 30.4 Å². The van der Waals surface area contributed by atoms with Crippen LogP contribution in [0.25, 0.3) is 11.4 Å². The zero-order valence-corrected chi connectivity index (χ0v) is 9.01. The molecule has 0 saturated carbocycles. The van der Waals surface area contributed by atoms with Gasteiger partial charge in [-0.1, -0.05) is 5.16 Å². The zero-order chi connectivity index (χ0) is 11.7. The van der Waals surface area contributed by atoms with Crippen molar-refractivity contribution >= 4 is 0 Å². The molecule has 0 bridgehead atoms. The molecule has 2 aromatic heterocycles. The molecule has 1 fully saturated rings. The molecule has 0 spiro atoms. The summed E-state index contributed by atoms with van der Waals surface area (Å²) < 4.78 is 18.2. The number of nitrogens with one attached hydrogen (secondary N) is 1. The Kier molecular flexibility index (Phi) is 2.56. The molecule has 0 aromatic carbocycles. The number of aromatic nitrogens is 3. The fraction of sp³-hybridized carbons (Fsp3) is 0.364. The van der Waals surface area contributed by atoms with E-state index < -0.39 is 6.17 Å². The molecule has 0 amide bonds. The van der Waals surface area contributed by atoms with Crippen molar-refractivity contribution in [1.82, 2.24) is 20.4 Å². The van der Waals surface area contributed by atoms with Crippen molar-refractivity contribution in [2.45, 2.75) is 18.6 Å². The summed E-state index contributed by atoms with van der Waals surface area (Å²) in [6.45, 7) is 0.343. The number of halogens is 1. The number of nitrogens with zero attached hydrogens (tertiary/aromatic N) is 3. The number of hydrogen-bond acceptors (Lipinski definition) is 5. The average molecular weight is 234 g/mol. The Morgan fingerprint density at radius 3 is 3.12 bits per heavy atom. The molecule has 1 aliphatic heterocycles. The van der Waals surface area contributed by atoms with Crippen LogP contribution in [-0.2, 0) is 0 Å². The smallest absolute Gasteiger partial charge is 0.244 e. The highest BCUT2D eigenvalue weighted by Gasteiger charge is 2.29. The van der Waals surface area contributed by atoms with Gasteiger partial charge in [0.2, 0.25) is 11.7 Å². The van der Waals surface area contributed by atoms with Crippen LogP contribution in [-0.4, -0.2) is 27.8 Å². The lowest BCUT2D eigenvalue weighted by Gasteiger charge is -2.00. The van der Waals surface area contributed by atoms with Gasteiger partial charge in [0.25, 0.3) is 0 Å². The summed E-state index contributed by atoms with van der Waals surface area (Å²) in [5.74, 6) is 0.918. The number of rotatable bonds is 2. The van der Waals surface area contributed by atoms with E-state index >= 15 is 0 Å². The lowest BCUT2D eigenvalue weighted by molar-refractivity contribution is 0.324. The van der Waals surface area contributed by atoms with E-state index in [0.717, 1.165) is 5.56 Å². The van der Waals surface area contributed by atoms with Gasteiger partial charge in [-0.05, 0) is 12.1 Å². The second kappa shape index (κ2) is 4.21.